The number of aliphatic imine (C=N–C) groups is 1. The van der Waals surface area contributed by atoms with Gasteiger partial charge in [0.2, 0.25) is 0 Å². The predicted molar refractivity (Wildman–Crippen MR) is 70.6 cm³/mol. The number of unbranched alkanes of at least 4 members (excludes halogenated alkanes) is 1. The standard InChI is InChI=1S/C14H23NO2/c1-4-5-8-12(16)14-11(15-10(2)3)7-6-9-13(14)17/h10,16H,4-9H2,1-3H3/b14-12+,15-11?. The van der Waals surface area contributed by atoms with Crippen molar-refractivity contribution in [2.75, 3.05) is 0 Å². The molecular weight excluding hydrogens is 214 g/mol. The summed E-state index contributed by atoms with van der Waals surface area (Å²) in [6, 6.07) is 0.171. The van der Waals surface area contributed by atoms with Crippen LogP contribution in [0.25, 0.3) is 0 Å². The first-order valence-electron chi connectivity index (χ1n) is 6.58. The highest BCUT2D eigenvalue weighted by Crippen LogP contribution is 2.23. The van der Waals surface area contributed by atoms with Crippen molar-refractivity contribution in [1.82, 2.24) is 0 Å². The SMILES string of the molecule is CCCC/C(O)=C1\C(=O)CCCC1=NC(C)C. The van der Waals surface area contributed by atoms with E-state index >= 15 is 0 Å². The average Bonchev–Trinajstić information content (AvgIpc) is 2.25. The third-order valence-corrected chi connectivity index (χ3v) is 2.85. The van der Waals surface area contributed by atoms with Gasteiger partial charge in [-0.05, 0) is 33.1 Å². The highest BCUT2D eigenvalue weighted by molar-refractivity contribution is 6.24. The lowest BCUT2D eigenvalue weighted by molar-refractivity contribution is -0.115. The minimum absolute atomic E-state index is 0.0595. The summed E-state index contributed by atoms with van der Waals surface area (Å²) in [5.41, 5.74) is 1.32. The summed E-state index contributed by atoms with van der Waals surface area (Å²) in [7, 11) is 0. The number of Topliss-reactive ketones (excluding diaryl/α,β-unsaturated/α-hetero) is 1. The van der Waals surface area contributed by atoms with Crippen molar-refractivity contribution in [1.29, 1.82) is 0 Å². The fraction of sp³-hybridized carbons (Fsp3) is 0.714. The molecule has 0 saturated heterocycles. The summed E-state index contributed by atoms with van der Waals surface area (Å²) in [5, 5.41) is 10.0. The van der Waals surface area contributed by atoms with Gasteiger partial charge in [0.15, 0.2) is 5.78 Å². The molecule has 0 amide bonds. The average molecular weight is 237 g/mol. The fourth-order valence-corrected chi connectivity index (χ4v) is 2.06. The van der Waals surface area contributed by atoms with E-state index in [1.54, 1.807) is 0 Å². The number of allylic oxidation sites excluding steroid dienone is 2. The highest BCUT2D eigenvalue weighted by atomic mass is 16.3. The van der Waals surface area contributed by atoms with Gasteiger partial charge >= 0.3 is 0 Å². The summed E-state index contributed by atoms with van der Waals surface area (Å²) in [5.74, 6) is 0.306. The van der Waals surface area contributed by atoms with Crippen molar-refractivity contribution in [2.45, 2.75) is 65.3 Å². The Bertz CT molecular complexity index is 340. The quantitative estimate of drug-likeness (QED) is 0.600. The van der Waals surface area contributed by atoms with Crippen LogP contribution in [0.5, 0.6) is 0 Å². The number of hydrogen-bond donors (Lipinski definition) is 1. The van der Waals surface area contributed by atoms with Crippen LogP contribution in [-0.4, -0.2) is 22.6 Å². The molecule has 1 N–H and O–H groups in total. The molecule has 0 unspecified atom stereocenters. The van der Waals surface area contributed by atoms with Crippen molar-refractivity contribution >= 4 is 11.5 Å². The second-order valence-electron chi connectivity index (χ2n) is 4.87. The maximum atomic E-state index is 11.9. The van der Waals surface area contributed by atoms with Crippen molar-refractivity contribution in [3.8, 4) is 0 Å². The van der Waals surface area contributed by atoms with Crippen LogP contribution >= 0.6 is 0 Å². The summed E-state index contributed by atoms with van der Waals surface area (Å²) in [4.78, 5) is 16.4. The number of carbonyl (C=O) groups excluding carboxylic acids is 1. The van der Waals surface area contributed by atoms with Gasteiger partial charge < -0.3 is 5.11 Å². The Kier molecular flexibility index (Phi) is 5.39. The van der Waals surface area contributed by atoms with E-state index in [9.17, 15) is 9.90 Å². The summed E-state index contributed by atoms with van der Waals surface area (Å²) in [6.45, 7) is 6.06. The number of aliphatic hydroxyl groups excluding tert-OH is 1. The van der Waals surface area contributed by atoms with Crippen LogP contribution in [0.4, 0.5) is 0 Å². The van der Waals surface area contributed by atoms with Crippen LogP contribution in [0, 0.1) is 0 Å². The Hall–Kier alpha value is -1.12. The molecule has 0 aromatic carbocycles. The van der Waals surface area contributed by atoms with E-state index < -0.39 is 0 Å². The molecule has 1 aliphatic rings. The summed E-state index contributed by atoms with van der Waals surface area (Å²) < 4.78 is 0. The molecule has 0 aromatic heterocycles. The molecule has 17 heavy (non-hydrogen) atoms. The van der Waals surface area contributed by atoms with Gasteiger partial charge in [-0.1, -0.05) is 13.3 Å². The van der Waals surface area contributed by atoms with E-state index in [1.807, 2.05) is 13.8 Å². The van der Waals surface area contributed by atoms with Gasteiger partial charge in [-0.15, -0.1) is 0 Å². The lowest BCUT2D eigenvalue weighted by atomic mass is 9.89. The maximum absolute atomic E-state index is 11.9. The van der Waals surface area contributed by atoms with Crippen molar-refractivity contribution in [3.63, 3.8) is 0 Å². The molecule has 0 atom stereocenters. The molecule has 0 heterocycles. The molecule has 0 bridgehead atoms. The van der Waals surface area contributed by atoms with E-state index in [-0.39, 0.29) is 17.6 Å². The largest absolute Gasteiger partial charge is 0.511 e. The Morgan fingerprint density at radius 2 is 2.12 bits per heavy atom. The van der Waals surface area contributed by atoms with Gasteiger partial charge in [0, 0.05) is 24.6 Å². The number of aliphatic hydroxyl groups is 1. The smallest absolute Gasteiger partial charge is 0.168 e. The topological polar surface area (TPSA) is 49.7 Å². The molecule has 1 saturated carbocycles. The molecule has 0 radical (unpaired) electrons. The van der Waals surface area contributed by atoms with Gasteiger partial charge in [-0.2, -0.15) is 0 Å². The van der Waals surface area contributed by atoms with Gasteiger partial charge in [0.1, 0.15) is 5.76 Å². The first kappa shape index (κ1) is 13.9. The molecule has 3 heteroatoms. The number of carbonyl (C=O) groups is 1. The normalized spacial score (nSPS) is 22.4. The van der Waals surface area contributed by atoms with Gasteiger partial charge in [0.05, 0.1) is 5.57 Å². The van der Waals surface area contributed by atoms with Crippen molar-refractivity contribution in [2.24, 2.45) is 4.99 Å². The van der Waals surface area contributed by atoms with Crippen LogP contribution in [0.1, 0.15) is 59.3 Å². The zero-order valence-corrected chi connectivity index (χ0v) is 11.1. The second-order valence-corrected chi connectivity index (χ2v) is 4.87. The number of ketones is 1. The van der Waals surface area contributed by atoms with Crippen LogP contribution in [0.3, 0.4) is 0 Å². The predicted octanol–water partition coefficient (Wildman–Crippen LogP) is 3.59. The molecule has 1 rings (SSSR count). The minimum atomic E-state index is 0.0595. The van der Waals surface area contributed by atoms with Gasteiger partial charge in [0.25, 0.3) is 0 Å². The van der Waals surface area contributed by atoms with Crippen LogP contribution in [0.2, 0.25) is 0 Å². The molecular formula is C14H23NO2. The summed E-state index contributed by atoms with van der Waals surface area (Å²) in [6.07, 6.45) is 4.74. The Morgan fingerprint density at radius 3 is 2.71 bits per heavy atom. The van der Waals surface area contributed by atoms with Gasteiger partial charge in [-0.3, -0.25) is 9.79 Å². The molecule has 0 aromatic rings. The van der Waals surface area contributed by atoms with E-state index in [4.69, 9.17) is 0 Å². The van der Waals surface area contributed by atoms with Gasteiger partial charge in [-0.25, -0.2) is 0 Å². The maximum Gasteiger partial charge on any atom is 0.168 e. The number of hydrogen-bond acceptors (Lipinski definition) is 3. The molecule has 0 spiro atoms. The molecule has 3 nitrogen and oxygen atoms in total. The van der Waals surface area contributed by atoms with Crippen LogP contribution < -0.4 is 0 Å². The van der Waals surface area contributed by atoms with Crippen molar-refractivity contribution < 1.29 is 9.90 Å². The lowest BCUT2D eigenvalue weighted by Crippen LogP contribution is -2.22. The molecule has 1 fully saturated rings. The van der Waals surface area contributed by atoms with E-state index in [2.05, 4.69) is 11.9 Å². The zero-order valence-electron chi connectivity index (χ0n) is 11.1. The molecule has 1 aliphatic carbocycles. The Balaban J connectivity index is 2.98. The number of nitrogens with zero attached hydrogens (tertiary/aromatic N) is 1. The van der Waals surface area contributed by atoms with Crippen LogP contribution in [-0.2, 0) is 4.79 Å². The number of rotatable bonds is 4. The van der Waals surface area contributed by atoms with E-state index in [0.29, 0.717) is 18.4 Å². The monoisotopic (exact) mass is 237 g/mol. The minimum Gasteiger partial charge on any atom is -0.511 e. The Morgan fingerprint density at radius 1 is 1.41 bits per heavy atom. The van der Waals surface area contributed by atoms with E-state index in [1.165, 1.54) is 0 Å². The Labute approximate surface area is 104 Å². The molecule has 0 aliphatic heterocycles. The fourth-order valence-electron chi connectivity index (χ4n) is 2.06. The zero-order chi connectivity index (χ0) is 12.8. The van der Waals surface area contributed by atoms with Crippen LogP contribution in [0.15, 0.2) is 16.3 Å². The highest BCUT2D eigenvalue weighted by Gasteiger charge is 2.25. The summed E-state index contributed by atoms with van der Waals surface area (Å²) >= 11 is 0. The molecule has 96 valence electrons. The van der Waals surface area contributed by atoms with E-state index in [0.717, 1.165) is 31.4 Å². The third-order valence-electron chi connectivity index (χ3n) is 2.85. The lowest BCUT2D eigenvalue weighted by Gasteiger charge is -2.18. The first-order chi connectivity index (χ1) is 8.06. The first-order valence-corrected chi connectivity index (χ1v) is 6.58. The second kappa shape index (κ2) is 6.58. The van der Waals surface area contributed by atoms with Crippen molar-refractivity contribution in [3.05, 3.63) is 11.3 Å². The third kappa shape index (κ3) is 3.99.